The van der Waals surface area contributed by atoms with Crippen LogP contribution in [0.1, 0.15) is 5.56 Å². The largest absolute Gasteiger partial charge is 0.417 e. The quantitative estimate of drug-likeness (QED) is 0.435. The van der Waals surface area contributed by atoms with Gasteiger partial charge in [0.25, 0.3) is 5.82 Å². The van der Waals surface area contributed by atoms with E-state index in [4.69, 9.17) is 4.42 Å². The van der Waals surface area contributed by atoms with Crippen LogP contribution in [0.3, 0.4) is 0 Å². The van der Waals surface area contributed by atoms with Gasteiger partial charge in [-0.25, -0.2) is 4.57 Å². The van der Waals surface area contributed by atoms with Gasteiger partial charge in [0, 0.05) is 24.2 Å². The number of fused-ring (bicyclic) bond motifs is 7. The predicted molar refractivity (Wildman–Crippen MR) is 93.4 cm³/mol. The molecular formula is C20H13N4O+. The lowest BCUT2D eigenvalue weighted by atomic mass is 10.2. The molecule has 118 valence electrons. The Morgan fingerprint density at radius 3 is 2.72 bits per heavy atom. The van der Waals surface area contributed by atoms with Gasteiger partial charge in [-0.2, -0.15) is 4.57 Å². The SMILES string of the molecule is c1ccc(-n2c3[n+](c4c5ccncc5oc42)Cc2ccncc2-3)cc1. The van der Waals surface area contributed by atoms with Crippen LogP contribution in [0.2, 0.25) is 0 Å². The van der Waals surface area contributed by atoms with E-state index in [1.165, 1.54) is 5.56 Å². The molecule has 5 heteroatoms. The van der Waals surface area contributed by atoms with Crippen LogP contribution in [-0.2, 0) is 6.54 Å². The standard InChI is InChI=1S/C20H13N4O/c1-2-4-14(5-3-1)24-19-16-10-21-8-6-13(16)12-23(19)18-15-7-9-22-11-17(15)25-20(18)24/h1-11H,12H2/q+1. The van der Waals surface area contributed by atoms with E-state index in [9.17, 15) is 0 Å². The minimum atomic E-state index is 0.807. The number of pyridine rings is 2. The summed E-state index contributed by atoms with van der Waals surface area (Å²) in [4.78, 5) is 8.54. The first kappa shape index (κ1) is 12.9. The van der Waals surface area contributed by atoms with Crippen LogP contribution in [0.4, 0.5) is 0 Å². The number of rotatable bonds is 1. The van der Waals surface area contributed by atoms with Crippen LogP contribution < -0.4 is 4.57 Å². The van der Waals surface area contributed by atoms with Crippen molar-refractivity contribution in [1.82, 2.24) is 14.5 Å². The van der Waals surface area contributed by atoms with Gasteiger partial charge in [0.05, 0.1) is 17.1 Å². The molecule has 0 atom stereocenters. The molecule has 0 saturated carbocycles. The Kier molecular flexibility index (Phi) is 2.34. The van der Waals surface area contributed by atoms with Crippen molar-refractivity contribution in [3.63, 3.8) is 0 Å². The third-order valence-corrected chi connectivity index (χ3v) is 4.88. The van der Waals surface area contributed by atoms with Crippen LogP contribution in [0.15, 0.2) is 71.7 Å². The van der Waals surface area contributed by atoms with E-state index in [1.54, 1.807) is 6.20 Å². The zero-order valence-electron chi connectivity index (χ0n) is 13.3. The third-order valence-electron chi connectivity index (χ3n) is 4.88. The highest BCUT2D eigenvalue weighted by atomic mass is 16.3. The monoisotopic (exact) mass is 325 g/mol. The molecule has 1 aliphatic rings. The average molecular weight is 325 g/mol. The topological polar surface area (TPSA) is 47.7 Å². The minimum absolute atomic E-state index is 0.807. The molecule has 1 aromatic carbocycles. The Hall–Kier alpha value is -3.47. The molecule has 0 N–H and O–H groups in total. The average Bonchev–Trinajstić information content (AvgIpc) is 3.29. The van der Waals surface area contributed by atoms with Gasteiger partial charge in [-0.05, 0) is 24.3 Å². The lowest BCUT2D eigenvalue weighted by molar-refractivity contribution is -0.645. The van der Waals surface area contributed by atoms with Crippen molar-refractivity contribution in [3.8, 4) is 17.1 Å². The molecule has 0 fully saturated rings. The summed E-state index contributed by atoms with van der Waals surface area (Å²) >= 11 is 0. The molecule has 5 aromatic rings. The van der Waals surface area contributed by atoms with Crippen molar-refractivity contribution in [2.75, 3.05) is 0 Å². The summed E-state index contributed by atoms with van der Waals surface area (Å²) in [7, 11) is 0. The van der Waals surface area contributed by atoms with Crippen molar-refractivity contribution in [2.45, 2.75) is 6.54 Å². The first-order valence-corrected chi connectivity index (χ1v) is 8.21. The maximum atomic E-state index is 6.21. The second-order valence-electron chi connectivity index (χ2n) is 6.24. The van der Waals surface area contributed by atoms with E-state index < -0.39 is 0 Å². The zero-order chi connectivity index (χ0) is 16.4. The molecule has 4 aromatic heterocycles. The van der Waals surface area contributed by atoms with E-state index in [0.29, 0.717) is 0 Å². The van der Waals surface area contributed by atoms with Gasteiger partial charge in [-0.15, -0.1) is 0 Å². The van der Waals surface area contributed by atoms with Crippen molar-refractivity contribution in [2.24, 2.45) is 0 Å². The van der Waals surface area contributed by atoms with Gasteiger partial charge >= 0.3 is 5.71 Å². The minimum Gasteiger partial charge on any atom is -0.417 e. The van der Waals surface area contributed by atoms with Gasteiger partial charge in [-0.3, -0.25) is 9.97 Å². The summed E-state index contributed by atoms with van der Waals surface area (Å²) in [6, 6.07) is 14.4. The summed E-state index contributed by atoms with van der Waals surface area (Å²) in [6.07, 6.45) is 7.39. The Morgan fingerprint density at radius 1 is 0.960 bits per heavy atom. The number of hydrogen-bond donors (Lipinski definition) is 0. The van der Waals surface area contributed by atoms with Crippen LogP contribution >= 0.6 is 0 Å². The van der Waals surface area contributed by atoms with Crippen LogP contribution in [-0.4, -0.2) is 14.5 Å². The summed E-state index contributed by atoms with van der Waals surface area (Å²) in [5.41, 5.74) is 6.26. The summed E-state index contributed by atoms with van der Waals surface area (Å²) < 4.78 is 10.7. The fourth-order valence-corrected chi connectivity index (χ4v) is 3.83. The first-order chi connectivity index (χ1) is 12.4. The van der Waals surface area contributed by atoms with E-state index >= 15 is 0 Å². The number of benzene rings is 1. The molecule has 25 heavy (non-hydrogen) atoms. The number of para-hydroxylation sites is 1. The third kappa shape index (κ3) is 1.59. The molecule has 5 heterocycles. The van der Waals surface area contributed by atoms with Crippen molar-refractivity contribution < 1.29 is 8.98 Å². The Bertz CT molecular complexity index is 1270. The molecule has 0 aliphatic carbocycles. The molecular weight excluding hydrogens is 312 g/mol. The van der Waals surface area contributed by atoms with Crippen LogP contribution in [0.25, 0.3) is 39.3 Å². The highest BCUT2D eigenvalue weighted by Gasteiger charge is 2.38. The molecule has 0 radical (unpaired) electrons. The maximum absolute atomic E-state index is 6.21. The Labute approximate surface area is 142 Å². The smallest absolute Gasteiger partial charge is 0.344 e. The molecule has 5 nitrogen and oxygen atoms in total. The molecule has 0 saturated heterocycles. The van der Waals surface area contributed by atoms with Crippen LogP contribution in [0.5, 0.6) is 0 Å². The highest BCUT2D eigenvalue weighted by Crippen LogP contribution is 2.37. The molecule has 6 rings (SSSR count). The van der Waals surface area contributed by atoms with Crippen LogP contribution in [0, 0.1) is 0 Å². The number of hydrogen-bond acceptors (Lipinski definition) is 3. The highest BCUT2D eigenvalue weighted by molar-refractivity contribution is 6.00. The van der Waals surface area contributed by atoms with Crippen molar-refractivity contribution in [1.29, 1.82) is 0 Å². The number of nitrogens with zero attached hydrogens (tertiary/aromatic N) is 4. The number of furan rings is 1. The van der Waals surface area contributed by atoms with Gasteiger partial charge in [-0.1, -0.05) is 18.2 Å². The summed E-state index contributed by atoms with van der Waals surface area (Å²) in [6.45, 7) is 0.820. The summed E-state index contributed by atoms with van der Waals surface area (Å²) in [5, 5.41) is 1.08. The van der Waals surface area contributed by atoms with Crippen molar-refractivity contribution >= 4 is 22.2 Å². The number of imidazole rings is 1. The van der Waals surface area contributed by atoms with Gasteiger partial charge in [0.1, 0.15) is 12.2 Å². The fourth-order valence-electron chi connectivity index (χ4n) is 3.83. The second kappa shape index (κ2) is 4.54. The van der Waals surface area contributed by atoms with Gasteiger partial charge in [0.15, 0.2) is 5.58 Å². The van der Waals surface area contributed by atoms with E-state index in [1.807, 2.05) is 42.9 Å². The second-order valence-corrected chi connectivity index (χ2v) is 6.24. The normalized spacial score (nSPS) is 12.6. The van der Waals surface area contributed by atoms with E-state index in [2.05, 4.69) is 37.3 Å². The fraction of sp³-hybridized carbons (Fsp3) is 0.0500. The summed E-state index contributed by atoms with van der Waals surface area (Å²) in [5.74, 6) is 1.11. The Morgan fingerprint density at radius 2 is 1.80 bits per heavy atom. The molecule has 0 spiro atoms. The van der Waals surface area contributed by atoms with E-state index in [-0.39, 0.29) is 0 Å². The van der Waals surface area contributed by atoms with Gasteiger partial charge in [0.2, 0.25) is 5.52 Å². The van der Waals surface area contributed by atoms with E-state index in [0.717, 1.165) is 45.8 Å². The molecule has 0 amide bonds. The first-order valence-electron chi connectivity index (χ1n) is 8.21. The lowest BCUT2D eigenvalue weighted by Gasteiger charge is -1.99. The zero-order valence-corrected chi connectivity index (χ0v) is 13.3. The van der Waals surface area contributed by atoms with Crippen molar-refractivity contribution in [3.05, 3.63) is 72.8 Å². The maximum Gasteiger partial charge on any atom is 0.344 e. The molecule has 0 unspecified atom stereocenters. The lowest BCUT2D eigenvalue weighted by Crippen LogP contribution is -2.31. The van der Waals surface area contributed by atoms with Gasteiger partial charge < -0.3 is 4.42 Å². The molecule has 0 bridgehead atoms. The predicted octanol–water partition coefficient (Wildman–Crippen LogP) is 3.48. The molecule has 1 aliphatic heterocycles. The number of aromatic nitrogens is 4. The Balaban J connectivity index is 1.83.